The third kappa shape index (κ3) is 3.19. The zero-order chi connectivity index (χ0) is 13.6. The topological polar surface area (TPSA) is 72.9 Å². The van der Waals surface area contributed by atoms with Crippen molar-refractivity contribution < 1.29 is 23.9 Å². The minimum absolute atomic E-state index is 0.0909. The molecule has 0 fully saturated rings. The molecule has 6 heteroatoms. The molecule has 1 heterocycles. The molecule has 0 aromatic carbocycles. The molecule has 0 spiro atoms. The molecule has 1 aliphatic rings. The van der Waals surface area contributed by atoms with Gasteiger partial charge in [0.05, 0.1) is 25.6 Å². The summed E-state index contributed by atoms with van der Waals surface area (Å²) in [6.45, 7) is 1.95. The number of esters is 1. The minimum atomic E-state index is -1.06. The molecule has 1 aliphatic heterocycles. The van der Waals surface area contributed by atoms with Crippen LogP contribution in [-0.4, -0.2) is 37.0 Å². The van der Waals surface area contributed by atoms with E-state index in [1.807, 2.05) is 0 Å². The summed E-state index contributed by atoms with van der Waals surface area (Å²) >= 11 is 0. The fourth-order valence-electron chi connectivity index (χ4n) is 1.47. The molecule has 0 aromatic rings. The Morgan fingerprint density at radius 1 is 1.33 bits per heavy atom. The van der Waals surface area contributed by atoms with Gasteiger partial charge in [-0.3, -0.25) is 9.69 Å². The first-order valence-corrected chi connectivity index (χ1v) is 5.44. The molecule has 0 aliphatic carbocycles. The molecule has 0 N–H and O–H groups in total. The Kier molecular flexibility index (Phi) is 4.65. The molecular formula is C12H15NO5. The molecule has 98 valence electrons. The zero-order valence-electron chi connectivity index (χ0n) is 10.3. The van der Waals surface area contributed by atoms with Crippen LogP contribution in [0, 0.1) is 5.41 Å². The quantitative estimate of drug-likeness (QED) is 0.556. The number of rotatable bonds is 4. The molecule has 18 heavy (non-hydrogen) atoms. The van der Waals surface area contributed by atoms with E-state index in [1.165, 1.54) is 36.6 Å². The van der Waals surface area contributed by atoms with Crippen molar-refractivity contribution in [2.75, 3.05) is 13.7 Å². The summed E-state index contributed by atoms with van der Waals surface area (Å²) in [4.78, 5) is 34.9. The van der Waals surface area contributed by atoms with Crippen molar-refractivity contribution in [3.63, 3.8) is 0 Å². The van der Waals surface area contributed by atoms with E-state index < -0.39 is 17.5 Å². The highest BCUT2D eigenvalue weighted by Gasteiger charge is 2.31. The van der Waals surface area contributed by atoms with Gasteiger partial charge in [-0.15, -0.1) is 0 Å². The number of methoxy groups -OCH3 is 1. The van der Waals surface area contributed by atoms with E-state index in [-0.39, 0.29) is 13.0 Å². The molecule has 0 unspecified atom stereocenters. The molecule has 6 nitrogen and oxygen atoms in total. The van der Waals surface area contributed by atoms with Crippen LogP contribution >= 0.6 is 0 Å². The first-order chi connectivity index (χ1) is 8.56. The van der Waals surface area contributed by atoms with E-state index in [9.17, 15) is 14.4 Å². The first kappa shape index (κ1) is 14.0. The summed E-state index contributed by atoms with van der Waals surface area (Å²) in [6, 6.07) is 0. The third-order valence-electron chi connectivity index (χ3n) is 2.45. The van der Waals surface area contributed by atoms with Crippen molar-refractivity contribution in [2.45, 2.75) is 13.3 Å². The fraction of sp³-hybridized carbons (Fsp3) is 0.417. The molecule has 0 saturated carbocycles. The number of carbonyl (C=O) groups excluding carboxylic acids is 3. The predicted molar refractivity (Wildman–Crippen MR) is 62.3 cm³/mol. The number of nitrogens with zero attached hydrogens (tertiary/aromatic N) is 1. The van der Waals surface area contributed by atoms with Gasteiger partial charge < -0.3 is 14.3 Å². The Balaban J connectivity index is 2.76. The van der Waals surface area contributed by atoms with Crippen molar-refractivity contribution in [3.05, 3.63) is 24.6 Å². The highest BCUT2D eigenvalue weighted by Crippen LogP contribution is 2.28. The second kappa shape index (κ2) is 6.00. The Hall–Kier alpha value is -2.11. The van der Waals surface area contributed by atoms with E-state index >= 15 is 0 Å². The summed E-state index contributed by atoms with van der Waals surface area (Å²) in [5.74, 6) is -0.467. The smallest absolute Gasteiger partial charge is 0.417 e. The van der Waals surface area contributed by atoms with Crippen molar-refractivity contribution in [1.82, 2.24) is 4.90 Å². The Labute approximate surface area is 105 Å². The molecule has 0 aromatic heterocycles. The zero-order valence-corrected chi connectivity index (χ0v) is 10.3. The van der Waals surface area contributed by atoms with Crippen molar-refractivity contribution in [2.24, 2.45) is 5.41 Å². The van der Waals surface area contributed by atoms with Gasteiger partial charge in [-0.25, -0.2) is 4.79 Å². The van der Waals surface area contributed by atoms with Crippen LogP contribution in [0.4, 0.5) is 4.79 Å². The third-order valence-corrected chi connectivity index (χ3v) is 2.45. The second-order valence-corrected chi connectivity index (χ2v) is 3.72. The maximum atomic E-state index is 11.4. The number of aldehydes is 1. The van der Waals surface area contributed by atoms with E-state index in [0.29, 0.717) is 6.29 Å². The number of amides is 1. The van der Waals surface area contributed by atoms with Crippen LogP contribution in [0.3, 0.4) is 0 Å². The monoisotopic (exact) mass is 253 g/mol. The van der Waals surface area contributed by atoms with Gasteiger partial charge in [0, 0.05) is 12.4 Å². The summed E-state index contributed by atoms with van der Waals surface area (Å²) in [5, 5.41) is 0. The number of hydrogen-bond donors (Lipinski definition) is 0. The normalized spacial score (nSPS) is 16.2. The van der Waals surface area contributed by atoms with Gasteiger partial charge in [-0.2, -0.15) is 0 Å². The van der Waals surface area contributed by atoms with Gasteiger partial charge in [0.15, 0.2) is 0 Å². The van der Waals surface area contributed by atoms with Gasteiger partial charge >= 0.3 is 12.1 Å². The lowest BCUT2D eigenvalue weighted by Gasteiger charge is -2.25. The Bertz CT molecular complexity index is 385. The Morgan fingerprint density at radius 3 is 2.39 bits per heavy atom. The molecule has 0 bridgehead atoms. The number of ether oxygens (including phenoxy) is 2. The molecule has 1 rings (SSSR count). The average Bonchev–Trinajstić information content (AvgIpc) is 2.39. The molecule has 1 amide bonds. The lowest BCUT2D eigenvalue weighted by Crippen LogP contribution is -2.30. The largest absolute Gasteiger partial charge is 0.466 e. The van der Waals surface area contributed by atoms with Gasteiger partial charge in [0.2, 0.25) is 0 Å². The van der Waals surface area contributed by atoms with E-state index in [4.69, 9.17) is 4.74 Å². The number of allylic oxidation sites excluding steroid dienone is 2. The van der Waals surface area contributed by atoms with Gasteiger partial charge in [-0.1, -0.05) is 0 Å². The highest BCUT2D eigenvalue weighted by molar-refractivity contribution is 5.80. The molecule has 0 saturated heterocycles. The summed E-state index contributed by atoms with van der Waals surface area (Å²) in [7, 11) is 1.25. The second-order valence-electron chi connectivity index (χ2n) is 3.72. The number of carbonyl (C=O) groups is 3. The van der Waals surface area contributed by atoms with Gasteiger partial charge in [-0.05, 0) is 19.1 Å². The lowest BCUT2D eigenvalue weighted by molar-refractivity contribution is -0.145. The van der Waals surface area contributed by atoms with Crippen LogP contribution in [-0.2, 0) is 19.1 Å². The summed E-state index contributed by atoms with van der Waals surface area (Å²) < 4.78 is 9.31. The lowest BCUT2D eigenvalue weighted by atomic mass is 9.85. The van der Waals surface area contributed by atoms with Crippen molar-refractivity contribution in [3.8, 4) is 0 Å². The van der Waals surface area contributed by atoms with Crippen LogP contribution in [0.15, 0.2) is 24.6 Å². The van der Waals surface area contributed by atoms with E-state index in [2.05, 4.69) is 4.74 Å². The van der Waals surface area contributed by atoms with E-state index in [0.717, 1.165) is 0 Å². The molecule has 0 atom stereocenters. The standard InChI is InChI=1S/C12H15NO5/c1-3-18-10(15)8-12(9-14)4-6-13(7-5-12)11(16)17-2/h4-7,9H,3,8H2,1-2H3. The summed E-state index contributed by atoms with van der Waals surface area (Å²) in [5.41, 5.74) is -1.06. The molecular weight excluding hydrogens is 238 g/mol. The minimum Gasteiger partial charge on any atom is -0.466 e. The van der Waals surface area contributed by atoms with Gasteiger partial charge in [0.25, 0.3) is 0 Å². The SMILES string of the molecule is CCOC(=O)CC1(C=O)C=CN(C(=O)OC)C=C1. The predicted octanol–water partition coefficient (Wildman–Crippen LogP) is 1.23. The maximum absolute atomic E-state index is 11.4. The van der Waals surface area contributed by atoms with Crippen LogP contribution in [0.5, 0.6) is 0 Å². The van der Waals surface area contributed by atoms with Crippen LogP contribution < -0.4 is 0 Å². The van der Waals surface area contributed by atoms with Crippen molar-refractivity contribution >= 4 is 18.3 Å². The van der Waals surface area contributed by atoms with E-state index in [1.54, 1.807) is 6.92 Å². The number of hydrogen-bond acceptors (Lipinski definition) is 5. The van der Waals surface area contributed by atoms with Gasteiger partial charge in [0.1, 0.15) is 6.29 Å². The van der Waals surface area contributed by atoms with Crippen molar-refractivity contribution in [1.29, 1.82) is 0 Å². The first-order valence-electron chi connectivity index (χ1n) is 5.44. The average molecular weight is 253 g/mol. The highest BCUT2D eigenvalue weighted by atomic mass is 16.5. The summed E-state index contributed by atoms with van der Waals surface area (Å²) in [6.07, 6.45) is 5.69. The van der Waals surface area contributed by atoms with Crippen LogP contribution in [0.2, 0.25) is 0 Å². The fourth-order valence-corrected chi connectivity index (χ4v) is 1.47. The van der Waals surface area contributed by atoms with Crippen LogP contribution in [0.1, 0.15) is 13.3 Å². The maximum Gasteiger partial charge on any atom is 0.417 e. The van der Waals surface area contributed by atoms with Crippen LogP contribution in [0.25, 0.3) is 0 Å². The molecule has 0 radical (unpaired) electrons. The Morgan fingerprint density at radius 2 is 1.94 bits per heavy atom.